The molecule has 1 aromatic heterocycles. The van der Waals surface area contributed by atoms with Gasteiger partial charge in [0.05, 0.1) is 17.8 Å². The number of carbonyl (C=O) groups excluding carboxylic acids is 1. The van der Waals surface area contributed by atoms with Crippen molar-refractivity contribution in [1.82, 2.24) is 20.1 Å². The van der Waals surface area contributed by atoms with E-state index in [1.807, 2.05) is 63.4 Å². The van der Waals surface area contributed by atoms with E-state index in [1.165, 1.54) is 11.1 Å². The highest BCUT2D eigenvalue weighted by Gasteiger charge is 2.34. The van der Waals surface area contributed by atoms with Gasteiger partial charge < -0.3 is 15.2 Å². The van der Waals surface area contributed by atoms with Crippen LogP contribution < -0.4 is 5.32 Å². The highest BCUT2D eigenvalue weighted by atomic mass is 16.6. The predicted octanol–water partition coefficient (Wildman–Crippen LogP) is 6.09. The van der Waals surface area contributed by atoms with Crippen molar-refractivity contribution in [2.45, 2.75) is 83.8 Å². The van der Waals surface area contributed by atoms with E-state index in [9.17, 15) is 14.7 Å². The van der Waals surface area contributed by atoms with E-state index in [1.54, 1.807) is 4.90 Å². The minimum absolute atomic E-state index is 0.0938. The summed E-state index contributed by atoms with van der Waals surface area (Å²) in [7, 11) is 0. The quantitative estimate of drug-likeness (QED) is 0.366. The first-order valence-corrected chi connectivity index (χ1v) is 14.4. The third-order valence-corrected chi connectivity index (χ3v) is 7.87. The van der Waals surface area contributed by atoms with Crippen LogP contribution in [0.3, 0.4) is 0 Å². The van der Waals surface area contributed by atoms with Crippen molar-refractivity contribution in [3.63, 3.8) is 0 Å². The molecule has 1 aliphatic heterocycles. The molecule has 5 rings (SSSR count). The van der Waals surface area contributed by atoms with E-state index >= 15 is 0 Å². The zero-order valence-corrected chi connectivity index (χ0v) is 24.2. The van der Waals surface area contributed by atoms with E-state index in [0.29, 0.717) is 32.6 Å². The van der Waals surface area contributed by atoms with Gasteiger partial charge in [0.15, 0.2) is 0 Å². The molecule has 0 spiro atoms. The van der Waals surface area contributed by atoms with Crippen LogP contribution in [-0.4, -0.2) is 50.3 Å². The maximum Gasteiger partial charge on any atom is 0.407 e. The fraction of sp³-hybridized carbons (Fsp3) is 0.424. The summed E-state index contributed by atoms with van der Waals surface area (Å²) in [5, 5.41) is 13.0. The first-order chi connectivity index (χ1) is 19.7. The molecule has 2 atom stereocenters. The van der Waals surface area contributed by atoms with Crippen LogP contribution in [0.5, 0.6) is 0 Å². The van der Waals surface area contributed by atoms with Crippen LogP contribution in [0.25, 0.3) is 0 Å². The predicted molar refractivity (Wildman–Crippen MR) is 157 cm³/mol. The molecule has 0 bridgehead atoms. The minimum Gasteiger partial charge on any atom is -0.465 e. The van der Waals surface area contributed by atoms with E-state index in [4.69, 9.17) is 9.72 Å². The van der Waals surface area contributed by atoms with Crippen molar-refractivity contribution in [1.29, 1.82) is 0 Å². The van der Waals surface area contributed by atoms with Crippen molar-refractivity contribution in [3.05, 3.63) is 100 Å². The van der Waals surface area contributed by atoms with E-state index in [-0.39, 0.29) is 12.1 Å². The van der Waals surface area contributed by atoms with Crippen molar-refractivity contribution in [2.75, 3.05) is 6.54 Å². The number of aryl methyl sites for hydroxylation is 1. The lowest BCUT2D eigenvalue weighted by Gasteiger charge is -2.41. The molecule has 1 aliphatic carbocycles. The average Bonchev–Trinajstić information content (AvgIpc) is 2.94. The molecule has 2 amide bonds. The Hall–Kier alpha value is -3.91. The summed E-state index contributed by atoms with van der Waals surface area (Å²) in [6.45, 7) is 7.54. The molecule has 0 fully saturated rings. The summed E-state index contributed by atoms with van der Waals surface area (Å²) in [4.78, 5) is 33.4. The number of fused-ring (bicyclic) bond motifs is 2. The number of benzene rings is 2. The molecule has 0 saturated carbocycles. The lowest BCUT2D eigenvalue weighted by atomic mass is 9.89. The van der Waals surface area contributed by atoms with Gasteiger partial charge in [-0.25, -0.2) is 9.59 Å². The number of amides is 2. The van der Waals surface area contributed by atoms with Crippen molar-refractivity contribution in [3.8, 4) is 0 Å². The van der Waals surface area contributed by atoms with Crippen LogP contribution in [0, 0.1) is 0 Å². The smallest absolute Gasteiger partial charge is 0.407 e. The molecule has 2 N–H and O–H groups in total. The maximum absolute atomic E-state index is 12.4. The second-order valence-electron chi connectivity index (χ2n) is 12.1. The minimum atomic E-state index is -0.887. The molecule has 2 aliphatic rings. The number of rotatable bonds is 7. The first kappa shape index (κ1) is 28.6. The SMILES string of the molecule is CC(C)(C)OC(=O)NCc1cccc(CN(C[C@H]2Cc3ccccc3CN2C(=O)O)[C@H]2CCCc3cccnc32)c1. The molecule has 41 heavy (non-hydrogen) atoms. The van der Waals surface area contributed by atoms with Gasteiger partial charge in [-0.15, -0.1) is 0 Å². The van der Waals surface area contributed by atoms with Gasteiger partial charge >= 0.3 is 12.2 Å². The molecule has 0 radical (unpaired) electrons. The van der Waals surface area contributed by atoms with Crippen molar-refractivity contribution in [2.24, 2.45) is 0 Å². The first-order valence-electron chi connectivity index (χ1n) is 14.4. The Morgan fingerprint density at radius 1 is 1.05 bits per heavy atom. The molecule has 2 aromatic carbocycles. The molecular formula is C33H40N4O4. The van der Waals surface area contributed by atoms with Crippen LogP contribution in [0.15, 0.2) is 66.9 Å². The summed E-state index contributed by atoms with van der Waals surface area (Å²) < 4.78 is 5.39. The Kier molecular flexibility index (Phi) is 8.59. The third kappa shape index (κ3) is 7.24. The van der Waals surface area contributed by atoms with Crippen LogP contribution in [-0.2, 0) is 37.2 Å². The fourth-order valence-electron chi connectivity index (χ4n) is 6.05. The maximum atomic E-state index is 12.4. The lowest BCUT2D eigenvalue weighted by Crippen LogP contribution is -2.50. The van der Waals surface area contributed by atoms with Gasteiger partial charge in [0.2, 0.25) is 0 Å². The summed E-state index contributed by atoms with van der Waals surface area (Å²) in [5.41, 5.74) is 6.19. The summed E-state index contributed by atoms with van der Waals surface area (Å²) >= 11 is 0. The monoisotopic (exact) mass is 556 g/mol. The zero-order valence-electron chi connectivity index (χ0n) is 24.2. The van der Waals surface area contributed by atoms with Gasteiger partial charge in [-0.2, -0.15) is 0 Å². The second-order valence-corrected chi connectivity index (χ2v) is 12.1. The molecule has 2 heterocycles. The van der Waals surface area contributed by atoms with Crippen LogP contribution >= 0.6 is 0 Å². The number of pyridine rings is 1. The molecule has 3 aromatic rings. The molecule has 0 unspecified atom stereocenters. The molecule has 0 saturated heterocycles. The average molecular weight is 557 g/mol. The Balaban J connectivity index is 1.40. The Labute approximate surface area is 242 Å². The fourth-order valence-corrected chi connectivity index (χ4v) is 6.05. The van der Waals surface area contributed by atoms with E-state index in [0.717, 1.165) is 41.6 Å². The zero-order chi connectivity index (χ0) is 29.0. The summed E-state index contributed by atoms with van der Waals surface area (Å²) in [5.74, 6) is 0. The number of hydrogen-bond acceptors (Lipinski definition) is 5. The number of carboxylic acid groups (broad SMARTS) is 1. The third-order valence-electron chi connectivity index (χ3n) is 7.87. The molecule has 8 nitrogen and oxygen atoms in total. The van der Waals surface area contributed by atoms with Gasteiger partial charge in [0, 0.05) is 32.4 Å². The number of aromatic nitrogens is 1. The van der Waals surface area contributed by atoms with Crippen LogP contribution in [0.2, 0.25) is 0 Å². The number of alkyl carbamates (subject to hydrolysis) is 1. The number of carbonyl (C=O) groups is 2. The van der Waals surface area contributed by atoms with Crippen LogP contribution in [0.4, 0.5) is 9.59 Å². The van der Waals surface area contributed by atoms with Gasteiger partial charge in [0.1, 0.15) is 5.60 Å². The second kappa shape index (κ2) is 12.3. The van der Waals surface area contributed by atoms with Gasteiger partial charge in [-0.1, -0.05) is 54.6 Å². The standard InChI is InChI=1S/C33H40N4O4/c1-33(2,3)41-31(38)35-19-23-9-6-10-24(17-23)20-36(29-15-7-13-25-14-8-16-34-30(25)29)22-28-18-26-11-4-5-12-27(26)21-37(28)32(39)40/h4-6,8-12,14,16-17,28-29H,7,13,15,18-22H2,1-3H3,(H,35,38)(H,39,40)/t28-,29+/m1/s1. The van der Waals surface area contributed by atoms with Gasteiger partial charge in [-0.3, -0.25) is 14.8 Å². The van der Waals surface area contributed by atoms with Crippen molar-refractivity contribution >= 4 is 12.2 Å². The summed E-state index contributed by atoms with van der Waals surface area (Å²) in [6.07, 6.45) is 4.26. The largest absolute Gasteiger partial charge is 0.465 e. The Morgan fingerprint density at radius 2 is 1.80 bits per heavy atom. The van der Waals surface area contributed by atoms with E-state index < -0.39 is 17.8 Å². The highest BCUT2D eigenvalue weighted by Crippen LogP contribution is 2.35. The van der Waals surface area contributed by atoms with Crippen LogP contribution in [0.1, 0.15) is 73.2 Å². The highest BCUT2D eigenvalue weighted by molar-refractivity contribution is 5.67. The normalized spacial score (nSPS) is 18.4. The van der Waals surface area contributed by atoms with Gasteiger partial charge in [-0.05, 0) is 80.3 Å². The Morgan fingerprint density at radius 3 is 2.59 bits per heavy atom. The van der Waals surface area contributed by atoms with E-state index in [2.05, 4.69) is 34.5 Å². The lowest BCUT2D eigenvalue weighted by molar-refractivity contribution is 0.0523. The molecular weight excluding hydrogens is 516 g/mol. The topological polar surface area (TPSA) is 95.0 Å². The number of nitrogens with zero attached hydrogens (tertiary/aromatic N) is 3. The number of nitrogens with one attached hydrogen (secondary N) is 1. The molecule has 8 heteroatoms. The van der Waals surface area contributed by atoms with Crippen molar-refractivity contribution < 1.29 is 19.4 Å². The van der Waals surface area contributed by atoms with Gasteiger partial charge in [0.25, 0.3) is 0 Å². The summed E-state index contributed by atoms with van der Waals surface area (Å²) in [6, 6.07) is 20.4. The number of ether oxygens (including phenoxy) is 1. The molecule has 216 valence electrons. The number of hydrogen-bond donors (Lipinski definition) is 2. The Bertz CT molecular complexity index is 1390.